The van der Waals surface area contributed by atoms with E-state index in [9.17, 15) is 0 Å². The average Bonchev–Trinajstić information content (AvgIpc) is 2.66. The molecular formula is C22H21Cl2NO. The molecule has 0 fully saturated rings. The van der Waals surface area contributed by atoms with Gasteiger partial charge in [-0.2, -0.15) is 0 Å². The van der Waals surface area contributed by atoms with Crippen LogP contribution in [0.2, 0.25) is 10.0 Å². The van der Waals surface area contributed by atoms with Crippen LogP contribution in [0.1, 0.15) is 23.6 Å². The van der Waals surface area contributed by atoms with Gasteiger partial charge >= 0.3 is 0 Å². The van der Waals surface area contributed by atoms with Gasteiger partial charge in [0, 0.05) is 22.8 Å². The number of hydrogen-bond donors (Lipinski definition) is 1. The Hall–Kier alpha value is -2.16. The van der Waals surface area contributed by atoms with Crippen LogP contribution >= 0.6 is 23.2 Å². The maximum absolute atomic E-state index is 6.39. The molecule has 3 rings (SSSR count). The first-order valence-electron chi connectivity index (χ1n) is 8.63. The lowest BCUT2D eigenvalue weighted by molar-refractivity contribution is 0.303. The molecule has 0 aliphatic carbocycles. The van der Waals surface area contributed by atoms with Crippen molar-refractivity contribution in [3.63, 3.8) is 0 Å². The van der Waals surface area contributed by atoms with Crippen LogP contribution in [-0.4, -0.2) is 0 Å². The normalized spacial score (nSPS) is 10.6. The lowest BCUT2D eigenvalue weighted by atomic mass is 10.1. The Bertz CT molecular complexity index is 848. The van der Waals surface area contributed by atoms with E-state index < -0.39 is 0 Å². The summed E-state index contributed by atoms with van der Waals surface area (Å²) in [6, 6.07) is 22.0. The lowest BCUT2D eigenvalue weighted by Crippen LogP contribution is -2.04. The maximum Gasteiger partial charge on any atom is 0.143 e. The van der Waals surface area contributed by atoms with Crippen molar-refractivity contribution >= 4 is 28.9 Å². The average molecular weight is 386 g/mol. The number of anilines is 1. The van der Waals surface area contributed by atoms with Crippen molar-refractivity contribution in [2.45, 2.75) is 26.5 Å². The van der Waals surface area contributed by atoms with Gasteiger partial charge in [-0.25, -0.2) is 0 Å². The third-order valence-corrected chi connectivity index (χ3v) is 4.66. The van der Waals surface area contributed by atoms with E-state index in [1.807, 2.05) is 36.4 Å². The summed E-state index contributed by atoms with van der Waals surface area (Å²) in [5.41, 5.74) is 4.38. The number of halogens is 2. The molecular weight excluding hydrogens is 365 g/mol. The Kier molecular flexibility index (Phi) is 6.43. The fraction of sp³-hybridized carbons (Fsp3) is 0.182. The first-order chi connectivity index (χ1) is 12.7. The zero-order valence-electron chi connectivity index (χ0n) is 14.6. The van der Waals surface area contributed by atoms with E-state index >= 15 is 0 Å². The van der Waals surface area contributed by atoms with Crippen LogP contribution in [0, 0.1) is 0 Å². The van der Waals surface area contributed by atoms with Gasteiger partial charge in [0.25, 0.3) is 0 Å². The second-order valence-electron chi connectivity index (χ2n) is 6.05. The molecule has 0 aliphatic heterocycles. The van der Waals surface area contributed by atoms with E-state index in [4.69, 9.17) is 27.9 Å². The molecule has 0 unspecified atom stereocenters. The van der Waals surface area contributed by atoms with Crippen LogP contribution < -0.4 is 10.1 Å². The van der Waals surface area contributed by atoms with E-state index in [0.717, 1.165) is 23.2 Å². The molecule has 134 valence electrons. The van der Waals surface area contributed by atoms with Crippen LogP contribution in [0.25, 0.3) is 0 Å². The molecule has 1 N–H and O–H groups in total. The molecule has 0 saturated carbocycles. The van der Waals surface area contributed by atoms with Gasteiger partial charge < -0.3 is 10.1 Å². The van der Waals surface area contributed by atoms with Crippen molar-refractivity contribution < 1.29 is 4.74 Å². The van der Waals surface area contributed by atoms with Crippen LogP contribution in [0.15, 0.2) is 66.7 Å². The van der Waals surface area contributed by atoms with Crippen LogP contribution in [-0.2, 0) is 19.6 Å². The number of hydrogen-bond acceptors (Lipinski definition) is 2. The predicted octanol–water partition coefficient (Wildman–Crippen LogP) is 6.75. The second kappa shape index (κ2) is 8.98. The fourth-order valence-corrected chi connectivity index (χ4v) is 3.28. The second-order valence-corrected chi connectivity index (χ2v) is 6.90. The molecule has 0 bridgehead atoms. The summed E-state index contributed by atoms with van der Waals surface area (Å²) in [4.78, 5) is 0. The minimum atomic E-state index is 0.459. The molecule has 3 aromatic rings. The van der Waals surface area contributed by atoms with Crippen molar-refractivity contribution in [1.82, 2.24) is 0 Å². The molecule has 26 heavy (non-hydrogen) atoms. The molecule has 0 saturated heterocycles. The van der Waals surface area contributed by atoms with Crippen molar-refractivity contribution in [1.29, 1.82) is 0 Å². The summed E-state index contributed by atoms with van der Waals surface area (Å²) in [5.74, 6) is 0.664. The first kappa shape index (κ1) is 18.6. The van der Waals surface area contributed by atoms with Crippen molar-refractivity contribution in [3.8, 4) is 5.75 Å². The van der Waals surface area contributed by atoms with E-state index in [1.54, 1.807) is 6.07 Å². The zero-order valence-corrected chi connectivity index (χ0v) is 16.1. The lowest BCUT2D eigenvalue weighted by Gasteiger charge is -2.15. The minimum absolute atomic E-state index is 0.459. The third kappa shape index (κ3) is 4.94. The van der Waals surface area contributed by atoms with Gasteiger partial charge in [0.05, 0.1) is 5.02 Å². The van der Waals surface area contributed by atoms with Gasteiger partial charge in [0.15, 0.2) is 0 Å². The highest BCUT2D eigenvalue weighted by Gasteiger charge is 2.11. The summed E-state index contributed by atoms with van der Waals surface area (Å²) < 4.78 is 6.00. The number of ether oxygens (including phenoxy) is 1. The molecule has 0 radical (unpaired) electrons. The Balaban J connectivity index is 1.74. The van der Waals surface area contributed by atoms with Crippen molar-refractivity contribution in [2.24, 2.45) is 0 Å². The molecule has 4 heteroatoms. The summed E-state index contributed by atoms with van der Waals surface area (Å²) in [5, 5.41) is 4.53. The molecule has 0 amide bonds. The van der Waals surface area contributed by atoms with Crippen LogP contribution in [0.5, 0.6) is 5.75 Å². The highest BCUT2D eigenvalue weighted by molar-refractivity contribution is 6.35. The molecule has 0 heterocycles. The Morgan fingerprint density at radius 3 is 2.31 bits per heavy atom. The minimum Gasteiger partial charge on any atom is -0.487 e. The molecule has 0 aliphatic rings. The van der Waals surface area contributed by atoms with E-state index in [-0.39, 0.29) is 0 Å². The Morgan fingerprint density at radius 1 is 0.885 bits per heavy atom. The number of benzene rings is 3. The topological polar surface area (TPSA) is 21.3 Å². The standard InChI is InChI=1S/C22H21Cl2NO/c1-2-16-8-10-20(11-9-16)25-14-18-12-19(23)13-21(24)22(18)26-15-17-6-4-3-5-7-17/h3-13,25H,2,14-15H2,1H3. The van der Waals surface area contributed by atoms with Gasteiger partial charge in [-0.3, -0.25) is 0 Å². The summed E-state index contributed by atoms with van der Waals surface area (Å²) in [6.07, 6.45) is 1.03. The molecule has 3 aromatic carbocycles. The summed E-state index contributed by atoms with van der Waals surface area (Å²) >= 11 is 12.6. The van der Waals surface area contributed by atoms with Crippen LogP contribution in [0.3, 0.4) is 0 Å². The third-order valence-electron chi connectivity index (χ3n) is 4.16. The summed E-state index contributed by atoms with van der Waals surface area (Å²) in [6.45, 7) is 3.18. The van der Waals surface area contributed by atoms with Crippen LogP contribution in [0.4, 0.5) is 5.69 Å². The Labute approximate surface area is 164 Å². The smallest absolute Gasteiger partial charge is 0.143 e. The number of rotatable bonds is 7. The van der Waals surface area contributed by atoms with Gasteiger partial charge in [0.1, 0.15) is 12.4 Å². The molecule has 2 nitrogen and oxygen atoms in total. The highest BCUT2D eigenvalue weighted by atomic mass is 35.5. The highest BCUT2D eigenvalue weighted by Crippen LogP contribution is 2.33. The molecule has 0 spiro atoms. The maximum atomic E-state index is 6.39. The van der Waals surface area contributed by atoms with Crippen molar-refractivity contribution in [3.05, 3.63) is 93.5 Å². The summed E-state index contributed by atoms with van der Waals surface area (Å²) in [7, 11) is 0. The monoisotopic (exact) mass is 385 g/mol. The SMILES string of the molecule is CCc1ccc(NCc2cc(Cl)cc(Cl)c2OCc2ccccc2)cc1. The van der Waals surface area contributed by atoms with Gasteiger partial charge in [-0.15, -0.1) is 0 Å². The molecule has 0 atom stereocenters. The quantitative estimate of drug-likeness (QED) is 0.485. The van der Waals surface area contributed by atoms with Gasteiger partial charge in [-0.05, 0) is 41.8 Å². The largest absolute Gasteiger partial charge is 0.487 e. The zero-order chi connectivity index (χ0) is 18.4. The fourth-order valence-electron chi connectivity index (χ4n) is 2.69. The van der Waals surface area contributed by atoms with Gasteiger partial charge in [0.2, 0.25) is 0 Å². The van der Waals surface area contributed by atoms with E-state index in [0.29, 0.717) is 28.9 Å². The van der Waals surface area contributed by atoms with E-state index in [2.05, 4.69) is 36.5 Å². The first-order valence-corrected chi connectivity index (χ1v) is 9.38. The predicted molar refractivity (Wildman–Crippen MR) is 110 cm³/mol. The Morgan fingerprint density at radius 2 is 1.62 bits per heavy atom. The van der Waals surface area contributed by atoms with E-state index in [1.165, 1.54) is 5.56 Å². The van der Waals surface area contributed by atoms with Gasteiger partial charge in [-0.1, -0.05) is 72.6 Å². The van der Waals surface area contributed by atoms with Crippen molar-refractivity contribution in [2.75, 3.05) is 5.32 Å². The molecule has 0 aromatic heterocycles. The number of aryl methyl sites for hydroxylation is 1. The number of nitrogens with one attached hydrogen (secondary N) is 1.